The van der Waals surface area contributed by atoms with Crippen LogP contribution in [0.3, 0.4) is 0 Å². The maximum absolute atomic E-state index is 10.8. The van der Waals surface area contributed by atoms with Gasteiger partial charge in [-0.1, -0.05) is 0 Å². The van der Waals surface area contributed by atoms with Crippen molar-refractivity contribution in [3.05, 3.63) is 0 Å². The van der Waals surface area contributed by atoms with Gasteiger partial charge in [-0.3, -0.25) is 0 Å². The van der Waals surface area contributed by atoms with E-state index in [1.54, 1.807) is 6.92 Å². The van der Waals surface area contributed by atoms with Gasteiger partial charge in [0, 0.05) is 7.11 Å². The second kappa shape index (κ2) is 11.6. The first-order valence-corrected chi connectivity index (χ1v) is 11.1. The van der Waals surface area contributed by atoms with Crippen molar-refractivity contribution >= 4 is 0 Å². The average Bonchev–Trinajstić information content (AvgIpc) is 2.83. The van der Waals surface area contributed by atoms with Gasteiger partial charge in [-0.15, -0.1) is 0 Å². The Kier molecular flexibility index (Phi) is 9.57. The number of nitrogens with two attached hydrogens (primary N) is 3. The van der Waals surface area contributed by atoms with Crippen LogP contribution in [0.4, 0.5) is 0 Å². The van der Waals surface area contributed by atoms with E-state index in [9.17, 15) is 30.6 Å². The molecule has 200 valence electrons. The molecule has 3 aliphatic heterocycles. The van der Waals surface area contributed by atoms with Gasteiger partial charge in [0.15, 0.2) is 18.9 Å². The molecule has 15 nitrogen and oxygen atoms in total. The molecular formula is C19H37N3O12. The molecule has 15 atom stereocenters. The molecule has 0 amide bonds. The van der Waals surface area contributed by atoms with Gasteiger partial charge in [0.25, 0.3) is 0 Å². The van der Waals surface area contributed by atoms with E-state index in [1.807, 2.05) is 0 Å². The minimum atomic E-state index is -1.48. The minimum Gasteiger partial charge on any atom is -0.394 e. The highest BCUT2D eigenvalue weighted by Gasteiger charge is 2.51. The number of methoxy groups -OCH3 is 1. The van der Waals surface area contributed by atoms with Crippen LogP contribution in [0.15, 0.2) is 0 Å². The molecule has 0 radical (unpaired) electrons. The predicted molar refractivity (Wildman–Crippen MR) is 111 cm³/mol. The highest BCUT2D eigenvalue weighted by atomic mass is 16.7. The van der Waals surface area contributed by atoms with Gasteiger partial charge in [0.05, 0.1) is 37.4 Å². The zero-order chi connectivity index (χ0) is 25.3. The van der Waals surface area contributed by atoms with E-state index in [4.69, 9.17) is 45.6 Å². The van der Waals surface area contributed by atoms with Crippen molar-refractivity contribution in [1.29, 1.82) is 0 Å². The summed E-state index contributed by atoms with van der Waals surface area (Å²) in [4.78, 5) is 0. The molecule has 0 spiro atoms. The van der Waals surface area contributed by atoms with Crippen LogP contribution in [0.1, 0.15) is 6.92 Å². The number of rotatable bonds is 7. The van der Waals surface area contributed by atoms with Crippen LogP contribution >= 0.6 is 0 Å². The van der Waals surface area contributed by atoms with Gasteiger partial charge in [-0.2, -0.15) is 0 Å². The molecule has 3 heterocycles. The quantitative estimate of drug-likeness (QED) is 0.158. The lowest BCUT2D eigenvalue weighted by Gasteiger charge is -2.48. The first-order chi connectivity index (χ1) is 16.0. The van der Waals surface area contributed by atoms with Crippen molar-refractivity contribution in [3.63, 3.8) is 0 Å². The van der Waals surface area contributed by atoms with Gasteiger partial charge in [-0.25, -0.2) is 0 Å². The standard InChI is InChI=1S/C19H37N3O12/c1-5-15(13(27)9(21)17(29-2)30-5)33-19-10(22)14(28)16(7(4-24)32-19)34-18-8(20)12(26)11(25)6(3-23)31-18/h5-19,23-28H,3-4,20-22H2,1-2H3/t5?,6?,7?,8-,9-,10?,11+,12?,13?,14-,15+,16?,17+,18-,19+/m1/s1. The number of aliphatic hydroxyl groups excluding tert-OH is 6. The van der Waals surface area contributed by atoms with Crippen molar-refractivity contribution < 1.29 is 59.1 Å². The van der Waals surface area contributed by atoms with Crippen LogP contribution in [0.2, 0.25) is 0 Å². The fourth-order valence-electron chi connectivity index (χ4n) is 4.36. The molecule has 0 saturated carbocycles. The minimum absolute atomic E-state index is 0.622. The van der Waals surface area contributed by atoms with E-state index in [0.29, 0.717) is 0 Å². The summed E-state index contributed by atoms with van der Waals surface area (Å²) in [6.45, 7) is 0.379. The van der Waals surface area contributed by atoms with Crippen molar-refractivity contribution in [2.24, 2.45) is 17.2 Å². The van der Waals surface area contributed by atoms with Crippen LogP contribution in [0.25, 0.3) is 0 Å². The lowest BCUT2D eigenvalue weighted by atomic mass is 9.94. The van der Waals surface area contributed by atoms with Crippen molar-refractivity contribution in [2.75, 3.05) is 20.3 Å². The molecule has 0 bridgehead atoms. The average molecular weight is 500 g/mol. The highest BCUT2D eigenvalue weighted by Crippen LogP contribution is 2.31. The second-order valence-corrected chi connectivity index (χ2v) is 8.79. The third-order valence-electron chi connectivity index (χ3n) is 6.50. The van der Waals surface area contributed by atoms with E-state index < -0.39 is 105 Å². The Bertz CT molecular complexity index is 648. The Morgan fingerprint density at radius 1 is 0.647 bits per heavy atom. The summed E-state index contributed by atoms with van der Waals surface area (Å²) < 4.78 is 33.3. The van der Waals surface area contributed by atoms with E-state index >= 15 is 0 Å². The summed E-state index contributed by atoms with van der Waals surface area (Å²) in [6, 6.07) is -3.38. The molecule has 0 aromatic rings. The van der Waals surface area contributed by atoms with Gasteiger partial charge < -0.3 is 76.3 Å². The first kappa shape index (κ1) is 28.0. The summed E-state index contributed by atoms with van der Waals surface area (Å²) in [5, 5.41) is 60.7. The zero-order valence-corrected chi connectivity index (χ0v) is 18.9. The van der Waals surface area contributed by atoms with Gasteiger partial charge in [0.2, 0.25) is 0 Å². The summed E-state index contributed by atoms with van der Waals surface area (Å²) in [5.74, 6) is 0. The van der Waals surface area contributed by atoms with E-state index in [-0.39, 0.29) is 0 Å². The Morgan fingerprint density at radius 3 is 1.68 bits per heavy atom. The maximum Gasteiger partial charge on any atom is 0.176 e. The molecule has 3 saturated heterocycles. The first-order valence-electron chi connectivity index (χ1n) is 11.1. The molecule has 3 fully saturated rings. The van der Waals surface area contributed by atoms with Crippen molar-refractivity contribution in [3.8, 4) is 0 Å². The maximum atomic E-state index is 10.8. The zero-order valence-electron chi connectivity index (χ0n) is 18.9. The van der Waals surface area contributed by atoms with Gasteiger partial charge in [-0.05, 0) is 6.92 Å². The smallest absolute Gasteiger partial charge is 0.176 e. The van der Waals surface area contributed by atoms with E-state index in [1.165, 1.54) is 7.11 Å². The normalized spacial score (nSPS) is 52.5. The number of hydrogen-bond donors (Lipinski definition) is 9. The summed E-state index contributed by atoms with van der Waals surface area (Å²) in [7, 11) is 1.39. The number of aliphatic hydroxyl groups is 6. The van der Waals surface area contributed by atoms with Crippen LogP contribution in [-0.4, -0.2) is 143 Å². The molecule has 3 rings (SSSR count). The topological polar surface area (TPSA) is 255 Å². The summed E-state index contributed by atoms with van der Waals surface area (Å²) in [6.07, 6.45) is -14.4. The van der Waals surface area contributed by atoms with Crippen LogP contribution in [0.5, 0.6) is 0 Å². The lowest BCUT2D eigenvalue weighted by Crippen LogP contribution is -2.69. The largest absolute Gasteiger partial charge is 0.394 e. The summed E-state index contributed by atoms with van der Waals surface area (Å²) in [5.41, 5.74) is 18.0. The SMILES string of the molecule is CO[C@H]1OC(C)[C@H](O[C@@H]2OC(CO)C(O[C@H]3OC(CO)[C@H](O)C(O)[C@H]3N)[C@H](O)C2N)C(O)[C@H]1N. The third-order valence-corrected chi connectivity index (χ3v) is 6.50. The third kappa shape index (κ3) is 5.39. The molecular weight excluding hydrogens is 462 g/mol. The molecule has 12 N–H and O–H groups in total. The molecule has 15 heteroatoms. The lowest BCUT2D eigenvalue weighted by molar-refractivity contribution is -0.347. The molecule has 0 aromatic carbocycles. The number of ether oxygens (including phenoxy) is 6. The highest BCUT2D eigenvalue weighted by molar-refractivity contribution is 4.98. The summed E-state index contributed by atoms with van der Waals surface area (Å²) >= 11 is 0. The van der Waals surface area contributed by atoms with Crippen LogP contribution in [-0.2, 0) is 28.4 Å². The predicted octanol–water partition coefficient (Wildman–Crippen LogP) is -5.99. The fourth-order valence-corrected chi connectivity index (χ4v) is 4.36. The monoisotopic (exact) mass is 499 g/mol. The van der Waals surface area contributed by atoms with Crippen LogP contribution < -0.4 is 17.2 Å². The Balaban J connectivity index is 1.70. The van der Waals surface area contributed by atoms with E-state index in [0.717, 1.165) is 0 Å². The molecule has 0 aliphatic carbocycles. The Hall–Kier alpha value is -0.600. The molecule has 7 unspecified atom stereocenters. The molecule has 0 aromatic heterocycles. The molecule has 3 aliphatic rings. The van der Waals surface area contributed by atoms with Crippen molar-refractivity contribution in [2.45, 2.75) is 98.9 Å². The second-order valence-electron chi connectivity index (χ2n) is 8.79. The van der Waals surface area contributed by atoms with Gasteiger partial charge in [0.1, 0.15) is 48.8 Å². The number of hydrogen-bond acceptors (Lipinski definition) is 15. The Morgan fingerprint density at radius 2 is 1.12 bits per heavy atom. The van der Waals surface area contributed by atoms with Crippen LogP contribution in [0, 0.1) is 0 Å². The molecule has 34 heavy (non-hydrogen) atoms. The van der Waals surface area contributed by atoms with Crippen molar-refractivity contribution in [1.82, 2.24) is 0 Å². The van der Waals surface area contributed by atoms with E-state index in [2.05, 4.69) is 0 Å². The fraction of sp³-hybridized carbons (Fsp3) is 1.00. The Labute approximate surface area is 196 Å². The van der Waals surface area contributed by atoms with Gasteiger partial charge >= 0.3 is 0 Å².